The number of hydrogen-bond donors (Lipinski definition) is 1. The van der Waals surface area contributed by atoms with Crippen molar-refractivity contribution in [2.24, 2.45) is 10.9 Å². The molecule has 5 heteroatoms. The highest BCUT2D eigenvalue weighted by Crippen LogP contribution is 2.31. The van der Waals surface area contributed by atoms with Gasteiger partial charge in [0.15, 0.2) is 5.96 Å². The summed E-state index contributed by atoms with van der Waals surface area (Å²) in [6.07, 6.45) is 4.14. The van der Waals surface area contributed by atoms with Crippen molar-refractivity contribution >= 4 is 29.9 Å². The summed E-state index contributed by atoms with van der Waals surface area (Å²) in [5.74, 6) is 1.76. The third-order valence-corrected chi connectivity index (χ3v) is 5.25. The first-order valence-electron chi connectivity index (χ1n) is 9.45. The Balaban J connectivity index is 0.00000225. The highest BCUT2D eigenvalue weighted by atomic mass is 127. The molecule has 4 nitrogen and oxygen atoms in total. The van der Waals surface area contributed by atoms with Crippen LogP contribution in [0.3, 0.4) is 0 Å². The molecular weight excluding hydrogens is 423 g/mol. The first kappa shape index (κ1) is 20.5. The quantitative estimate of drug-likeness (QED) is 0.404. The van der Waals surface area contributed by atoms with E-state index in [9.17, 15) is 0 Å². The van der Waals surface area contributed by atoms with E-state index in [2.05, 4.69) is 60.3 Å². The molecule has 0 spiro atoms. The summed E-state index contributed by atoms with van der Waals surface area (Å²) in [5.41, 5.74) is 2.71. The molecule has 0 amide bonds. The Morgan fingerprint density at radius 2 is 2.04 bits per heavy atom. The lowest BCUT2D eigenvalue weighted by Crippen LogP contribution is -2.39. The second-order valence-electron chi connectivity index (χ2n) is 7.36. The molecule has 0 bridgehead atoms. The largest absolute Gasteiger partial charge is 0.357 e. The molecule has 1 aliphatic carbocycles. The Labute approximate surface area is 170 Å². The van der Waals surface area contributed by atoms with Gasteiger partial charge in [0.1, 0.15) is 0 Å². The van der Waals surface area contributed by atoms with E-state index in [1.807, 2.05) is 0 Å². The fourth-order valence-corrected chi connectivity index (χ4v) is 3.59. The van der Waals surface area contributed by atoms with Crippen LogP contribution in [0, 0.1) is 12.8 Å². The predicted molar refractivity (Wildman–Crippen MR) is 117 cm³/mol. The molecule has 1 saturated carbocycles. The van der Waals surface area contributed by atoms with Gasteiger partial charge in [-0.3, -0.25) is 4.99 Å². The number of rotatable bonds is 6. The molecule has 25 heavy (non-hydrogen) atoms. The van der Waals surface area contributed by atoms with Gasteiger partial charge in [-0.15, -0.1) is 24.0 Å². The van der Waals surface area contributed by atoms with Gasteiger partial charge in [-0.1, -0.05) is 24.3 Å². The Morgan fingerprint density at radius 3 is 2.72 bits per heavy atom. The van der Waals surface area contributed by atoms with Crippen LogP contribution < -0.4 is 5.32 Å². The molecule has 1 aromatic rings. The molecule has 1 atom stereocenters. The molecule has 140 valence electrons. The summed E-state index contributed by atoms with van der Waals surface area (Å²) in [7, 11) is 2.14. The van der Waals surface area contributed by atoms with Gasteiger partial charge in [-0.05, 0) is 56.7 Å². The summed E-state index contributed by atoms with van der Waals surface area (Å²) >= 11 is 0. The van der Waals surface area contributed by atoms with Crippen LogP contribution >= 0.6 is 24.0 Å². The molecular formula is C20H33IN4. The summed E-state index contributed by atoms with van der Waals surface area (Å²) in [5, 5.41) is 3.45. The number of aliphatic imine (C=N–C) groups is 1. The van der Waals surface area contributed by atoms with Crippen molar-refractivity contribution in [3.05, 3.63) is 35.4 Å². The van der Waals surface area contributed by atoms with Crippen LogP contribution in [0.5, 0.6) is 0 Å². The average Bonchev–Trinajstić information content (AvgIpc) is 3.32. The van der Waals surface area contributed by atoms with Crippen LogP contribution in [0.4, 0.5) is 0 Å². The van der Waals surface area contributed by atoms with E-state index >= 15 is 0 Å². The van der Waals surface area contributed by atoms with E-state index in [0.717, 1.165) is 37.6 Å². The van der Waals surface area contributed by atoms with Gasteiger partial charge in [-0.25, -0.2) is 0 Å². The maximum atomic E-state index is 4.94. The van der Waals surface area contributed by atoms with E-state index in [1.165, 1.54) is 43.5 Å². The number of hydrogen-bond acceptors (Lipinski definition) is 2. The predicted octanol–water partition coefficient (Wildman–Crippen LogP) is 3.49. The number of nitrogens with zero attached hydrogens (tertiary/aromatic N) is 3. The number of halogens is 1. The number of aryl methyl sites for hydroxylation is 1. The summed E-state index contributed by atoms with van der Waals surface area (Å²) in [4.78, 5) is 9.86. The van der Waals surface area contributed by atoms with E-state index in [1.54, 1.807) is 0 Å². The van der Waals surface area contributed by atoms with Crippen LogP contribution in [0.15, 0.2) is 29.3 Å². The van der Waals surface area contributed by atoms with Crippen molar-refractivity contribution in [3.8, 4) is 0 Å². The molecule has 1 heterocycles. The third kappa shape index (κ3) is 5.84. The van der Waals surface area contributed by atoms with E-state index in [0.29, 0.717) is 0 Å². The zero-order chi connectivity index (χ0) is 16.9. The van der Waals surface area contributed by atoms with Crippen molar-refractivity contribution in [3.63, 3.8) is 0 Å². The van der Waals surface area contributed by atoms with Crippen LogP contribution in [-0.4, -0.2) is 55.0 Å². The first-order valence-corrected chi connectivity index (χ1v) is 9.45. The normalized spacial score (nSPS) is 21.1. The van der Waals surface area contributed by atoms with E-state index in [-0.39, 0.29) is 24.0 Å². The molecule has 1 aromatic carbocycles. The Kier molecular flexibility index (Phi) is 8.00. The van der Waals surface area contributed by atoms with Crippen molar-refractivity contribution in [2.75, 3.05) is 33.2 Å². The maximum Gasteiger partial charge on any atom is 0.193 e. The smallest absolute Gasteiger partial charge is 0.193 e. The topological polar surface area (TPSA) is 30.9 Å². The second kappa shape index (κ2) is 9.76. The zero-order valence-corrected chi connectivity index (χ0v) is 18.2. The summed E-state index contributed by atoms with van der Waals surface area (Å²) in [6.45, 7) is 9.60. The summed E-state index contributed by atoms with van der Waals surface area (Å²) < 4.78 is 0. The molecule has 0 aromatic heterocycles. The molecule has 1 unspecified atom stereocenters. The number of guanidine groups is 1. The molecule has 0 radical (unpaired) electrons. The lowest BCUT2D eigenvalue weighted by molar-refractivity contribution is 0.315. The number of benzene rings is 1. The first-order chi connectivity index (χ1) is 11.7. The second-order valence-corrected chi connectivity index (χ2v) is 7.36. The Morgan fingerprint density at radius 1 is 1.28 bits per heavy atom. The molecule has 1 aliphatic heterocycles. The maximum absolute atomic E-state index is 4.94. The van der Waals surface area contributed by atoms with Crippen molar-refractivity contribution in [1.82, 2.24) is 15.1 Å². The van der Waals surface area contributed by atoms with Crippen molar-refractivity contribution < 1.29 is 0 Å². The third-order valence-electron chi connectivity index (χ3n) is 5.25. The van der Waals surface area contributed by atoms with Crippen LogP contribution in [0.1, 0.15) is 37.3 Å². The van der Waals surface area contributed by atoms with Crippen LogP contribution in [0.25, 0.3) is 0 Å². The monoisotopic (exact) mass is 456 g/mol. The van der Waals surface area contributed by atoms with E-state index < -0.39 is 0 Å². The van der Waals surface area contributed by atoms with Gasteiger partial charge in [0.05, 0.1) is 0 Å². The van der Waals surface area contributed by atoms with Crippen molar-refractivity contribution in [2.45, 2.75) is 45.7 Å². The van der Waals surface area contributed by atoms with Gasteiger partial charge >= 0.3 is 0 Å². The minimum atomic E-state index is 0. The zero-order valence-electron chi connectivity index (χ0n) is 15.9. The standard InChI is InChI=1S/C20H32N4.HI/c1-4-21-20(23(3)15-18-8-6-5-7-16(18)2)22-13-17-11-12-24(14-17)19-9-10-19;/h5-8,17,19H,4,9-15H2,1-3H3,(H,21,22);1H. The molecule has 1 N–H and O–H groups in total. The number of likely N-dealkylation sites (tertiary alicyclic amines) is 1. The highest BCUT2D eigenvalue weighted by molar-refractivity contribution is 14.0. The minimum absolute atomic E-state index is 0. The number of nitrogens with one attached hydrogen (secondary N) is 1. The van der Waals surface area contributed by atoms with Gasteiger partial charge in [0.2, 0.25) is 0 Å². The minimum Gasteiger partial charge on any atom is -0.357 e. The highest BCUT2D eigenvalue weighted by Gasteiger charge is 2.34. The Bertz CT molecular complexity index is 571. The lowest BCUT2D eigenvalue weighted by atomic mass is 10.1. The van der Waals surface area contributed by atoms with E-state index in [4.69, 9.17) is 4.99 Å². The SMILES string of the molecule is CCNC(=NCC1CCN(C2CC2)C1)N(C)Cc1ccccc1C.I. The fraction of sp³-hybridized carbons (Fsp3) is 0.650. The van der Waals surface area contributed by atoms with Crippen LogP contribution in [-0.2, 0) is 6.54 Å². The lowest BCUT2D eigenvalue weighted by Gasteiger charge is -2.23. The van der Waals surface area contributed by atoms with Gasteiger partial charge < -0.3 is 15.1 Å². The fourth-order valence-electron chi connectivity index (χ4n) is 3.59. The summed E-state index contributed by atoms with van der Waals surface area (Å²) in [6, 6.07) is 9.50. The Hall–Kier alpha value is -0.820. The molecule has 2 aliphatic rings. The molecule has 1 saturated heterocycles. The molecule has 3 rings (SSSR count). The molecule has 2 fully saturated rings. The van der Waals surface area contributed by atoms with Gasteiger partial charge in [0.25, 0.3) is 0 Å². The van der Waals surface area contributed by atoms with Crippen molar-refractivity contribution in [1.29, 1.82) is 0 Å². The average molecular weight is 456 g/mol. The van der Waals surface area contributed by atoms with Gasteiger partial charge in [-0.2, -0.15) is 0 Å². The van der Waals surface area contributed by atoms with Gasteiger partial charge in [0, 0.05) is 39.3 Å². The van der Waals surface area contributed by atoms with Crippen LogP contribution in [0.2, 0.25) is 0 Å².